The van der Waals surface area contributed by atoms with E-state index in [1.54, 1.807) is 18.2 Å². The summed E-state index contributed by atoms with van der Waals surface area (Å²) in [5, 5.41) is 12.2. The monoisotopic (exact) mass is 181 g/mol. The molecule has 1 aromatic carbocycles. The van der Waals surface area contributed by atoms with Crippen molar-refractivity contribution in [1.82, 2.24) is 5.32 Å². The summed E-state index contributed by atoms with van der Waals surface area (Å²) in [6, 6.07) is 6.32. The molecule has 0 aromatic heterocycles. The highest BCUT2D eigenvalue weighted by atomic mass is 19.1. The maximum absolute atomic E-state index is 13.6. The van der Waals surface area contributed by atoms with Crippen molar-refractivity contribution in [2.75, 3.05) is 6.54 Å². The average Bonchev–Trinajstić information content (AvgIpc) is 2.01. The molecule has 1 aliphatic heterocycles. The predicted octanol–water partition coefficient (Wildman–Crippen LogP) is 1.76. The summed E-state index contributed by atoms with van der Waals surface area (Å²) in [7, 11) is 0. The summed E-state index contributed by atoms with van der Waals surface area (Å²) in [6.45, 7) is 0.893. The van der Waals surface area contributed by atoms with Crippen LogP contribution >= 0.6 is 0 Å². The van der Waals surface area contributed by atoms with Crippen molar-refractivity contribution in [1.29, 1.82) is 0 Å². The minimum atomic E-state index is -0.999. The van der Waals surface area contributed by atoms with Crippen LogP contribution in [0.5, 0.6) is 5.75 Å². The molecule has 2 N–H and O–H groups in total. The second-order valence-corrected chi connectivity index (χ2v) is 3.35. The molecule has 0 amide bonds. The fourth-order valence-electron chi connectivity index (χ4n) is 1.49. The van der Waals surface area contributed by atoms with Crippen molar-refractivity contribution in [3.8, 4) is 5.75 Å². The van der Waals surface area contributed by atoms with Gasteiger partial charge in [0, 0.05) is 6.04 Å². The first-order valence-corrected chi connectivity index (χ1v) is 4.44. The molecule has 0 radical (unpaired) electrons. The first-order valence-electron chi connectivity index (χ1n) is 4.44. The van der Waals surface area contributed by atoms with Gasteiger partial charge < -0.3 is 10.4 Å². The number of phenolic OH excluding ortho intramolecular Hbond substituents is 1. The summed E-state index contributed by atoms with van der Waals surface area (Å²) >= 11 is 0. The Kier molecular flexibility index (Phi) is 2.19. The number of rotatable bonds is 2. The number of halogens is 1. The van der Waals surface area contributed by atoms with Crippen molar-refractivity contribution in [2.45, 2.75) is 18.6 Å². The van der Waals surface area contributed by atoms with Crippen LogP contribution in [0.4, 0.5) is 4.39 Å². The second kappa shape index (κ2) is 3.34. The number of alkyl halides is 1. The minimum Gasteiger partial charge on any atom is -0.508 e. The summed E-state index contributed by atoms with van der Waals surface area (Å²) < 4.78 is 13.6. The van der Waals surface area contributed by atoms with Gasteiger partial charge >= 0.3 is 0 Å². The number of benzene rings is 1. The molecule has 2 nitrogen and oxygen atoms in total. The highest BCUT2D eigenvalue weighted by molar-refractivity contribution is 5.29. The number of hydrogen-bond donors (Lipinski definition) is 2. The molecule has 1 saturated heterocycles. The maximum Gasteiger partial charge on any atom is 0.141 e. The SMILES string of the molecule is Oc1cccc(C(F)C2CCN2)c1. The van der Waals surface area contributed by atoms with Gasteiger partial charge in [0.2, 0.25) is 0 Å². The topological polar surface area (TPSA) is 32.3 Å². The molecule has 1 heterocycles. The van der Waals surface area contributed by atoms with E-state index in [0.29, 0.717) is 5.56 Å². The smallest absolute Gasteiger partial charge is 0.141 e. The van der Waals surface area contributed by atoms with E-state index < -0.39 is 6.17 Å². The van der Waals surface area contributed by atoms with E-state index in [1.807, 2.05) is 0 Å². The van der Waals surface area contributed by atoms with Gasteiger partial charge in [0.1, 0.15) is 11.9 Å². The molecule has 1 aliphatic rings. The third-order valence-electron chi connectivity index (χ3n) is 2.40. The fourth-order valence-corrected chi connectivity index (χ4v) is 1.49. The lowest BCUT2D eigenvalue weighted by atomic mass is 9.96. The molecule has 13 heavy (non-hydrogen) atoms. The van der Waals surface area contributed by atoms with Gasteiger partial charge in [-0.15, -0.1) is 0 Å². The molecule has 0 spiro atoms. The van der Waals surface area contributed by atoms with Crippen molar-refractivity contribution >= 4 is 0 Å². The van der Waals surface area contributed by atoms with Crippen molar-refractivity contribution in [3.05, 3.63) is 29.8 Å². The molecule has 2 rings (SSSR count). The molecule has 1 fully saturated rings. The Morgan fingerprint density at radius 3 is 2.85 bits per heavy atom. The first-order chi connectivity index (χ1) is 6.27. The van der Waals surface area contributed by atoms with Gasteiger partial charge in [0.05, 0.1) is 0 Å². The third-order valence-corrected chi connectivity index (χ3v) is 2.40. The molecule has 3 heteroatoms. The zero-order valence-corrected chi connectivity index (χ0v) is 7.20. The Morgan fingerprint density at radius 1 is 1.54 bits per heavy atom. The Hall–Kier alpha value is -1.09. The second-order valence-electron chi connectivity index (χ2n) is 3.35. The molecular weight excluding hydrogens is 169 g/mol. The number of aromatic hydroxyl groups is 1. The van der Waals surface area contributed by atoms with E-state index >= 15 is 0 Å². The van der Waals surface area contributed by atoms with Crippen molar-refractivity contribution in [3.63, 3.8) is 0 Å². The predicted molar refractivity (Wildman–Crippen MR) is 48.4 cm³/mol. The largest absolute Gasteiger partial charge is 0.508 e. The van der Waals surface area contributed by atoms with Crippen LogP contribution in [0, 0.1) is 0 Å². The van der Waals surface area contributed by atoms with Gasteiger partial charge in [0.25, 0.3) is 0 Å². The minimum absolute atomic E-state index is 0.0678. The normalized spacial score (nSPS) is 23.6. The average molecular weight is 181 g/mol. The molecule has 1 aromatic rings. The van der Waals surface area contributed by atoms with E-state index in [0.717, 1.165) is 13.0 Å². The van der Waals surface area contributed by atoms with Gasteiger partial charge in [-0.05, 0) is 30.7 Å². The molecule has 0 bridgehead atoms. The van der Waals surface area contributed by atoms with Gasteiger partial charge in [-0.1, -0.05) is 12.1 Å². The number of hydrogen-bond acceptors (Lipinski definition) is 2. The Balaban J connectivity index is 2.14. The van der Waals surface area contributed by atoms with Crippen LogP contribution in [-0.2, 0) is 0 Å². The highest BCUT2D eigenvalue weighted by Crippen LogP contribution is 2.28. The zero-order valence-electron chi connectivity index (χ0n) is 7.20. The van der Waals surface area contributed by atoms with Gasteiger partial charge in [-0.2, -0.15) is 0 Å². The van der Waals surface area contributed by atoms with E-state index in [-0.39, 0.29) is 11.8 Å². The number of nitrogens with one attached hydrogen (secondary N) is 1. The van der Waals surface area contributed by atoms with E-state index in [9.17, 15) is 4.39 Å². The molecule has 70 valence electrons. The van der Waals surface area contributed by atoms with Crippen LogP contribution in [0.2, 0.25) is 0 Å². The van der Waals surface area contributed by atoms with E-state index in [1.165, 1.54) is 6.07 Å². The Morgan fingerprint density at radius 2 is 2.31 bits per heavy atom. The summed E-state index contributed by atoms with van der Waals surface area (Å²) in [5.41, 5.74) is 0.553. The molecular formula is C10H12FNO. The Bertz CT molecular complexity index is 299. The Labute approximate surface area is 76.4 Å². The van der Waals surface area contributed by atoms with Crippen molar-refractivity contribution in [2.24, 2.45) is 0 Å². The van der Waals surface area contributed by atoms with Gasteiger partial charge in [-0.3, -0.25) is 0 Å². The van der Waals surface area contributed by atoms with E-state index in [2.05, 4.69) is 5.32 Å². The zero-order chi connectivity index (χ0) is 9.26. The van der Waals surface area contributed by atoms with Crippen LogP contribution < -0.4 is 5.32 Å². The maximum atomic E-state index is 13.6. The third kappa shape index (κ3) is 1.65. The lowest BCUT2D eigenvalue weighted by molar-refractivity contribution is 0.194. The molecule has 0 aliphatic carbocycles. The standard InChI is InChI=1S/C10H12FNO/c11-10(9-4-5-12-9)7-2-1-3-8(13)6-7/h1-3,6,9-10,12-13H,4-5H2. The van der Waals surface area contributed by atoms with Crippen LogP contribution in [0.15, 0.2) is 24.3 Å². The van der Waals surface area contributed by atoms with Crippen LogP contribution in [0.3, 0.4) is 0 Å². The lowest BCUT2D eigenvalue weighted by Crippen LogP contribution is -2.45. The molecule has 2 unspecified atom stereocenters. The van der Waals surface area contributed by atoms with Crippen LogP contribution in [-0.4, -0.2) is 17.7 Å². The summed E-state index contributed by atoms with van der Waals surface area (Å²) in [6.07, 6.45) is -0.127. The van der Waals surface area contributed by atoms with Crippen molar-refractivity contribution < 1.29 is 9.50 Å². The van der Waals surface area contributed by atoms with E-state index in [4.69, 9.17) is 5.11 Å². The quantitative estimate of drug-likeness (QED) is 0.728. The van der Waals surface area contributed by atoms with Gasteiger partial charge in [0.15, 0.2) is 0 Å². The summed E-state index contributed by atoms with van der Waals surface area (Å²) in [5.74, 6) is 0.125. The number of phenols is 1. The molecule has 2 atom stereocenters. The first kappa shape index (κ1) is 8.51. The fraction of sp³-hybridized carbons (Fsp3) is 0.400. The molecule has 0 saturated carbocycles. The highest BCUT2D eigenvalue weighted by Gasteiger charge is 2.27. The summed E-state index contributed by atoms with van der Waals surface area (Å²) in [4.78, 5) is 0. The lowest BCUT2D eigenvalue weighted by Gasteiger charge is -2.30. The van der Waals surface area contributed by atoms with Gasteiger partial charge in [-0.25, -0.2) is 4.39 Å². The van der Waals surface area contributed by atoms with Crippen LogP contribution in [0.25, 0.3) is 0 Å². The van der Waals surface area contributed by atoms with Crippen LogP contribution in [0.1, 0.15) is 18.2 Å².